The SMILES string of the molecule is COc1ccc(-c2ccc(N([O-])c3cc(-c4c5ccccc5cc5ccccc45)cc([N+](=O)c4ccc(-c5ccc(OC)cc5)cc4)c3)cc2)cc1. The summed E-state index contributed by atoms with van der Waals surface area (Å²) in [5, 5.41) is 19.3. The summed E-state index contributed by atoms with van der Waals surface area (Å²) in [7, 11) is 3.28. The minimum absolute atomic E-state index is 0.345. The zero-order valence-corrected chi connectivity index (χ0v) is 28.7. The fourth-order valence-corrected chi connectivity index (χ4v) is 6.74. The Morgan fingerprint density at radius 3 is 1.42 bits per heavy atom. The third-order valence-electron chi connectivity index (χ3n) is 9.48. The van der Waals surface area contributed by atoms with Crippen LogP contribution in [-0.2, 0) is 0 Å². The van der Waals surface area contributed by atoms with Gasteiger partial charge in [0.1, 0.15) is 11.5 Å². The second kappa shape index (κ2) is 13.9. The van der Waals surface area contributed by atoms with Crippen molar-refractivity contribution in [1.29, 1.82) is 0 Å². The van der Waals surface area contributed by atoms with Crippen LogP contribution in [0.15, 0.2) is 170 Å². The summed E-state index contributed by atoms with van der Waals surface area (Å²) >= 11 is 0. The minimum Gasteiger partial charge on any atom is -0.754 e. The van der Waals surface area contributed by atoms with Gasteiger partial charge in [0.15, 0.2) is 0 Å². The number of methoxy groups -OCH3 is 2. The van der Waals surface area contributed by atoms with Gasteiger partial charge < -0.3 is 19.7 Å². The van der Waals surface area contributed by atoms with Crippen molar-refractivity contribution in [2.24, 2.45) is 0 Å². The summed E-state index contributed by atoms with van der Waals surface area (Å²) in [4.78, 5) is 14.2. The zero-order valence-electron chi connectivity index (χ0n) is 28.7. The maximum absolute atomic E-state index is 14.2. The molecule has 8 rings (SSSR count). The van der Waals surface area contributed by atoms with Gasteiger partial charge >= 0.3 is 0 Å². The smallest absolute Gasteiger partial charge is 0.266 e. The molecule has 0 aliphatic rings. The Morgan fingerprint density at radius 1 is 0.462 bits per heavy atom. The standard InChI is InChI=1S/C46H34N2O4/c1-51-42-23-15-33(16-24-42)31-11-19-38(20-12-31)47(49)40-28-37(46-44-9-5-3-7-35(44)27-36-8-4-6-10-45(36)46)29-41(30-40)48(50)39-21-13-32(14-22-39)34-17-25-43(52-2)26-18-34/h3-30H,1-2H3. The number of anilines is 2. The topological polar surface area (TPSA) is 64.8 Å². The largest absolute Gasteiger partial charge is 0.754 e. The highest BCUT2D eigenvalue weighted by Crippen LogP contribution is 2.41. The van der Waals surface area contributed by atoms with Crippen LogP contribution in [-0.4, -0.2) is 14.2 Å². The van der Waals surface area contributed by atoms with Gasteiger partial charge in [0, 0.05) is 40.5 Å². The summed E-state index contributed by atoms with van der Waals surface area (Å²) in [6, 6.07) is 54.5. The van der Waals surface area contributed by atoms with Crippen molar-refractivity contribution in [2.75, 3.05) is 19.3 Å². The summed E-state index contributed by atoms with van der Waals surface area (Å²) in [5.74, 6) is 1.56. The van der Waals surface area contributed by atoms with Crippen molar-refractivity contribution in [2.45, 2.75) is 0 Å². The first-order valence-electron chi connectivity index (χ1n) is 17.0. The highest BCUT2D eigenvalue weighted by Gasteiger charge is 2.22. The summed E-state index contributed by atoms with van der Waals surface area (Å²) < 4.78 is 11.5. The highest BCUT2D eigenvalue weighted by atomic mass is 16.5. The molecule has 8 aromatic carbocycles. The average molecular weight is 679 g/mol. The molecule has 0 fully saturated rings. The highest BCUT2D eigenvalue weighted by molar-refractivity contribution is 6.13. The van der Waals surface area contributed by atoms with Crippen LogP contribution in [0.1, 0.15) is 0 Å². The molecular weight excluding hydrogens is 645 g/mol. The number of benzene rings is 8. The van der Waals surface area contributed by atoms with Crippen molar-refractivity contribution in [3.8, 4) is 44.9 Å². The van der Waals surface area contributed by atoms with E-state index in [1.54, 1.807) is 44.6 Å². The number of hydrogen-bond acceptors (Lipinski definition) is 5. The third-order valence-corrected chi connectivity index (χ3v) is 9.48. The van der Waals surface area contributed by atoms with E-state index < -0.39 is 0 Å². The second-order valence-corrected chi connectivity index (χ2v) is 12.6. The summed E-state index contributed by atoms with van der Waals surface area (Å²) in [5.41, 5.74) is 7.29. The lowest BCUT2D eigenvalue weighted by Gasteiger charge is -2.31. The van der Waals surface area contributed by atoms with Crippen LogP contribution >= 0.6 is 0 Å². The van der Waals surface area contributed by atoms with Crippen LogP contribution in [0.25, 0.3) is 54.9 Å². The van der Waals surface area contributed by atoms with E-state index in [1.165, 1.54) is 0 Å². The average Bonchev–Trinajstić information content (AvgIpc) is 3.22. The van der Waals surface area contributed by atoms with Crippen molar-refractivity contribution in [3.05, 3.63) is 180 Å². The van der Waals surface area contributed by atoms with E-state index in [4.69, 9.17) is 9.47 Å². The molecule has 0 spiro atoms. The molecule has 0 saturated carbocycles. The minimum atomic E-state index is 0.345. The van der Waals surface area contributed by atoms with Crippen molar-refractivity contribution in [3.63, 3.8) is 0 Å². The van der Waals surface area contributed by atoms with Crippen LogP contribution in [0.3, 0.4) is 0 Å². The number of fused-ring (bicyclic) bond motifs is 2. The van der Waals surface area contributed by atoms with Gasteiger partial charge in [-0.3, -0.25) is 0 Å². The first-order chi connectivity index (χ1) is 25.5. The lowest BCUT2D eigenvalue weighted by Crippen LogP contribution is -2.08. The molecule has 0 heterocycles. The Kier molecular flexibility index (Phi) is 8.65. The number of nitrogens with zero attached hydrogens (tertiary/aromatic N) is 2. The maximum atomic E-state index is 14.2. The molecule has 252 valence electrons. The molecule has 0 saturated heterocycles. The first kappa shape index (κ1) is 32.4. The molecule has 8 aromatic rings. The predicted octanol–water partition coefficient (Wildman–Crippen LogP) is 12.2. The van der Waals surface area contributed by atoms with Crippen LogP contribution in [0.2, 0.25) is 0 Å². The number of nitroso groups, excluding NO2 is 1. The molecular formula is C46H34N2O4. The van der Waals surface area contributed by atoms with E-state index in [0.29, 0.717) is 22.7 Å². The molecule has 0 unspecified atom stereocenters. The second-order valence-electron chi connectivity index (χ2n) is 12.6. The Labute approximate surface area is 301 Å². The van der Waals surface area contributed by atoms with Crippen LogP contribution in [0.5, 0.6) is 11.5 Å². The normalized spacial score (nSPS) is 11.1. The molecule has 0 aliphatic heterocycles. The van der Waals surface area contributed by atoms with Gasteiger partial charge in [-0.1, -0.05) is 84.9 Å². The number of hydrogen-bond donors (Lipinski definition) is 0. The monoisotopic (exact) mass is 678 g/mol. The fourth-order valence-electron chi connectivity index (χ4n) is 6.74. The van der Waals surface area contributed by atoms with Crippen molar-refractivity contribution < 1.29 is 9.47 Å². The molecule has 52 heavy (non-hydrogen) atoms. The fraction of sp³-hybridized carbons (Fsp3) is 0.0435. The molecule has 0 amide bonds. The first-order valence-corrected chi connectivity index (χ1v) is 17.0. The third kappa shape index (κ3) is 6.23. The van der Waals surface area contributed by atoms with Crippen molar-refractivity contribution in [1.82, 2.24) is 4.76 Å². The Balaban J connectivity index is 1.22. The predicted molar refractivity (Wildman–Crippen MR) is 214 cm³/mol. The van der Waals surface area contributed by atoms with Gasteiger partial charge in [-0.15, -0.1) is 0 Å². The number of ether oxygens (including phenoxy) is 2. The molecule has 0 atom stereocenters. The van der Waals surface area contributed by atoms with Gasteiger partial charge in [-0.25, -0.2) is 0 Å². The Bertz CT molecular complexity index is 2490. The van der Waals surface area contributed by atoms with E-state index in [9.17, 15) is 10.1 Å². The Morgan fingerprint density at radius 2 is 0.923 bits per heavy atom. The van der Waals surface area contributed by atoms with Crippen LogP contribution in [0.4, 0.5) is 22.7 Å². The van der Waals surface area contributed by atoms with E-state index in [0.717, 1.165) is 76.2 Å². The molecule has 0 N–H and O–H groups in total. The van der Waals surface area contributed by atoms with E-state index in [1.807, 2.05) is 109 Å². The van der Waals surface area contributed by atoms with Crippen LogP contribution in [0, 0.1) is 10.1 Å². The number of rotatable bonds is 9. The lowest BCUT2D eigenvalue weighted by molar-refractivity contribution is 0.415. The van der Waals surface area contributed by atoms with Gasteiger partial charge in [0.25, 0.3) is 11.4 Å². The van der Waals surface area contributed by atoms with Gasteiger partial charge in [0.2, 0.25) is 0 Å². The molecule has 0 aliphatic carbocycles. The molecule has 0 bridgehead atoms. The quantitative estimate of drug-likeness (QED) is 0.0863. The van der Waals surface area contributed by atoms with Gasteiger partial charge in [-0.2, -0.15) is 0 Å². The molecule has 6 nitrogen and oxygen atoms in total. The zero-order chi connectivity index (χ0) is 35.6. The van der Waals surface area contributed by atoms with Crippen molar-refractivity contribution >= 4 is 44.3 Å². The molecule has 0 radical (unpaired) electrons. The Hall–Kier alpha value is -6.76. The summed E-state index contributed by atoms with van der Waals surface area (Å²) in [6.07, 6.45) is 0. The lowest BCUT2D eigenvalue weighted by atomic mass is 9.91. The van der Waals surface area contributed by atoms with E-state index >= 15 is 0 Å². The van der Waals surface area contributed by atoms with Crippen LogP contribution < -0.4 is 19.3 Å². The molecule has 6 heteroatoms. The van der Waals surface area contributed by atoms with E-state index in [-0.39, 0.29) is 0 Å². The van der Waals surface area contributed by atoms with Gasteiger partial charge in [-0.05, 0) is 116 Å². The molecule has 0 aromatic heterocycles. The van der Waals surface area contributed by atoms with Gasteiger partial charge in [0.05, 0.1) is 19.0 Å². The summed E-state index contributed by atoms with van der Waals surface area (Å²) in [6.45, 7) is 0. The van der Waals surface area contributed by atoms with E-state index in [2.05, 4.69) is 30.3 Å². The maximum Gasteiger partial charge on any atom is 0.266 e.